The van der Waals surface area contributed by atoms with E-state index in [1.54, 1.807) is 0 Å². The molecule has 0 aliphatic carbocycles. The summed E-state index contributed by atoms with van der Waals surface area (Å²) in [7, 11) is 0. The van der Waals surface area contributed by atoms with Crippen LogP contribution in [0.25, 0.3) is 0 Å². The van der Waals surface area contributed by atoms with Crippen molar-refractivity contribution in [2.75, 3.05) is 13.2 Å². The Bertz CT molecular complexity index is 154. The second-order valence-corrected chi connectivity index (χ2v) is 3.24. The van der Waals surface area contributed by atoms with Gasteiger partial charge in [-0.2, -0.15) is 0 Å². The van der Waals surface area contributed by atoms with Gasteiger partial charge >= 0.3 is 5.97 Å². The van der Waals surface area contributed by atoms with Crippen LogP contribution in [-0.4, -0.2) is 30.3 Å². The fourth-order valence-corrected chi connectivity index (χ4v) is 1.47. The van der Waals surface area contributed by atoms with E-state index in [1.165, 1.54) is 0 Å². The third-order valence-corrected chi connectivity index (χ3v) is 2.21. The summed E-state index contributed by atoms with van der Waals surface area (Å²) < 4.78 is 5.21. The number of nitrogens with two attached hydrogens (primary N) is 1. The Hall–Kier alpha value is -0.610. The molecule has 12 heavy (non-hydrogen) atoms. The first-order chi connectivity index (χ1) is 5.70. The Morgan fingerprint density at radius 2 is 2.50 bits per heavy atom. The zero-order valence-electron chi connectivity index (χ0n) is 7.03. The summed E-state index contributed by atoms with van der Waals surface area (Å²) in [5.74, 6) is -0.595. The van der Waals surface area contributed by atoms with Crippen LogP contribution in [0.5, 0.6) is 0 Å². The molecule has 0 unspecified atom stereocenters. The largest absolute Gasteiger partial charge is 0.481 e. The average Bonchev–Trinajstić information content (AvgIpc) is 2.05. The molecular formula is C8H15NO3. The summed E-state index contributed by atoms with van der Waals surface area (Å²) in [6, 6.07) is -0.247. The Labute approximate surface area is 71.7 Å². The van der Waals surface area contributed by atoms with Gasteiger partial charge in [-0.3, -0.25) is 4.79 Å². The lowest BCUT2D eigenvalue weighted by Crippen LogP contribution is -2.37. The van der Waals surface area contributed by atoms with Crippen molar-refractivity contribution in [1.82, 2.24) is 0 Å². The lowest BCUT2D eigenvalue weighted by molar-refractivity contribution is -0.137. The molecule has 4 heteroatoms. The summed E-state index contributed by atoms with van der Waals surface area (Å²) >= 11 is 0. The molecule has 2 atom stereocenters. The van der Waals surface area contributed by atoms with E-state index in [4.69, 9.17) is 15.6 Å². The number of carboxylic acids is 1. The molecule has 0 radical (unpaired) electrons. The number of rotatable bonds is 3. The summed E-state index contributed by atoms with van der Waals surface area (Å²) in [5, 5.41) is 8.49. The Kier molecular flexibility index (Phi) is 3.49. The third-order valence-electron chi connectivity index (χ3n) is 2.21. The molecule has 1 aliphatic rings. The first-order valence-electron chi connectivity index (χ1n) is 4.25. The van der Waals surface area contributed by atoms with Crippen molar-refractivity contribution in [3.05, 3.63) is 0 Å². The highest BCUT2D eigenvalue weighted by molar-refractivity contribution is 5.67. The van der Waals surface area contributed by atoms with Crippen LogP contribution in [0.15, 0.2) is 0 Å². The predicted molar refractivity (Wildman–Crippen MR) is 43.8 cm³/mol. The van der Waals surface area contributed by atoms with Gasteiger partial charge in [0.1, 0.15) is 0 Å². The molecule has 1 saturated heterocycles. The summed E-state index contributed by atoms with van der Waals surface area (Å²) in [6.07, 6.45) is 2.04. The van der Waals surface area contributed by atoms with E-state index in [9.17, 15) is 4.79 Å². The van der Waals surface area contributed by atoms with Crippen LogP contribution in [0.1, 0.15) is 19.3 Å². The quantitative estimate of drug-likeness (QED) is 0.640. The zero-order chi connectivity index (χ0) is 8.97. The van der Waals surface area contributed by atoms with Crippen LogP contribution in [0.2, 0.25) is 0 Å². The number of carbonyl (C=O) groups is 1. The van der Waals surface area contributed by atoms with E-state index in [-0.39, 0.29) is 18.4 Å². The second-order valence-electron chi connectivity index (χ2n) is 3.24. The molecule has 0 amide bonds. The Morgan fingerprint density at radius 1 is 1.75 bits per heavy atom. The molecule has 1 heterocycles. The van der Waals surface area contributed by atoms with Gasteiger partial charge in [0.15, 0.2) is 0 Å². The molecule has 0 saturated carbocycles. The van der Waals surface area contributed by atoms with Gasteiger partial charge in [0.2, 0.25) is 0 Å². The highest BCUT2D eigenvalue weighted by Gasteiger charge is 2.22. The van der Waals surface area contributed by atoms with Crippen molar-refractivity contribution < 1.29 is 14.6 Å². The van der Waals surface area contributed by atoms with E-state index >= 15 is 0 Å². The number of ether oxygens (including phenoxy) is 1. The van der Waals surface area contributed by atoms with Crippen LogP contribution < -0.4 is 5.73 Å². The summed E-state index contributed by atoms with van der Waals surface area (Å²) in [4.78, 5) is 10.3. The van der Waals surface area contributed by atoms with Crippen molar-refractivity contribution in [2.45, 2.75) is 25.3 Å². The van der Waals surface area contributed by atoms with Gasteiger partial charge in [-0.25, -0.2) is 0 Å². The first kappa shape index (κ1) is 9.48. The van der Waals surface area contributed by atoms with Gasteiger partial charge in [-0.1, -0.05) is 0 Å². The maximum atomic E-state index is 10.3. The minimum absolute atomic E-state index is 0.0496. The molecule has 1 aliphatic heterocycles. The smallest absolute Gasteiger partial charge is 0.304 e. The standard InChI is InChI=1S/C8H15NO3/c9-7(4-8(10)11)6-2-1-3-12-5-6/h6-7H,1-5,9H2,(H,10,11)/t6-,7+/m0/s1. The highest BCUT2D eigenvalue weighted by Crippen LogP contribution is 2.17. The minimum Gasteiger partial charge on any atom is -0.481 e. The SMILES string of the molecule is N[C@H](CC(=O)O)[C@H]1CCCOC1. The maximum Gasteiger partial charge on any atom is 0.304 e. The van der Waals surface area contributed by atoms with Crippen molar-refractivity contribution in [3.8, 4) is 0 Å². The van der Waals surface area contributed by atoms with Crippen LogP contribution in [0.4, 0.5) is 0 Å². The predicted octanol–water partition coefficient (Wildman–Crippen LogP) is 0.215. The van der Waals surface area contributed by atoms with E-state index < -0.39 is 5.97 Å². The number of carboxylic acid groups (broad SMARTS) is 1. The normalized spacial score (nSPS) is 26.6. The van der Waals surface area contributed by atoms with Crippen molar-refractivity contribution >= 4 is 5.97 Å². The third kappa shape index (κ3) is 2.79. The second kappa shape index (κ2) is 4.42. The molecule has 1 fully saturated rings. The Balaban J connectivity index is 2.29. The number of aliphatic carboxylic acids is 1. The molecule has 70 valence electrons. The number of hydrogen-bond acceptors (Lipinski definition) is 3. The van der Waals surface area contributed by atoms with Crippen LogP contribution in [0.3, 0.4) is 0 Å². The molecule has 0 aromatic rings. The lowest BCUT2D eigenvalue weighted by Gasteiger charge is -2.26. The molecule has 3 N–H and O–H groups in total. The van der Waals surface area contributed by atoms with Crippen LogP contribution in [0, 0.1) is 5.92 Å². The van der Waals surface area contributed by atoms with E-state index in [0.717, 1.165) is 19.4 Å². The Morgan fingerprint density at radius 3 is 3.00 bits per heavy atom. The van der Waals surface area contributed by atoms with Crippen LogP contribution >= 0.6 is 0 Å². The van der Waals surface area contributed by atoms with Gasteiger partial charge < -0.3 is 15.6 Å². The van der Waals surface area contributed by atoms with Gasteiger partial charge in [-0.15, -0.1) is 0 Å². The fourth-order valence-electron chi connectivity index (χ4n) is 1.47. The molecule has 1 rings (SSSR count). The molecule has 0 aromatic carbocycles. The maximum absolute atomic E-state index is 10.3. The van der Waals surface area contributed by atoms with Gasteiger partial charge in [0.25, 0.3) is 0 Å². The van der Waals surface area contributed by atoms with E-state index in [1.807, 2.05) is 0 Å². The highest BCUT2D eigenvalue weighted by atomic mass is 16.5. The zero-order valence-corrected chi connectivity index (χ0v) is 7.03. The van der Waals surface area contributed by atoms with Crippen molar-refractivity contribution in [1.29, 1.82) is 0 Å². The molecular weight excluding hydrogens is 158 g/mol. The molecule has 0 aromatic heterocycles. The fraction of sp³-hybridized carbons (Fsp3) is 0.875. The minimum atomic E-state index is -0.826. The van der Waals surface area contributed by atoms with Crippen molar-refractivity contribution in [2.24, 2.45) is 11.7 Å². The van der Waals surface area contributed by atoms with Gasteiger partial charge in [-0.05, 0) is 18.8 Å². The van der Waals surface area contributed by atoms with Crippen molar-refractivity contribution in [3.63, 3.8) is 0 Å². The van der Waals surface area contributed by atoms with E-state index in [2.05, 4.69) is 0 Å². The lowest BCUT2D eigenvalue weighted by atomic mass is 9.92. The summed E-state index contributed by atoms with van der Waals surface area (Å²) in [6.45, 7) is 1.41. The summed E-state index contributed by atoms with van der Waals surface area (Å²) in [5.41, 5.74) is 5.69. The first-order valence-corrected chi connectivity index (χ1v) is 4.25. The average molecular weight is 173 g/mol. The van der Waals surface area contributed by atoms with Gasteiger partial charge in [0, 0.05) is 12.6 Å². The molecule has 0 spiro atoms. The monoisotopic (exact) mass is 173 g/mol. The number of hydrogen-bond donors (Lipinski definition) is 2. The molecule has 0 bridgehead atoms. The van der Waals surface area contributed by atoms with E-state index in [0.29, 0.717) is 6.61 Å². The van der Waals surface area contributed by atoms with Gasteiger partial charge in [0.05, 0.1) is 13.0 Å². The molecule has 4 nitrogen and oxygen atoms in total. The van der Waals surface area contributed by atoms with Crippen LogP contribution in [-0.2, 0) is 9.53 Å². The topological polar surface area (TPSA) is 72.6 Å².